The molecule has 0 aliphatic heterocycles. The lowest BCUT2D eigenvalue weighted by Gasteiger charge is -2.28. The van der Waals surface area contributed by atoms with Crippen molar-refractivity contribution in [3.05, 3.63) is 18.5 Å². The van der Waals surface area contributed by atoms with Crippen molar-refractivity contribution in [1.29, 1.82) is 0 Å². The predicted octanol–water partition coefficient (Wildman–Crippen LogP) is 2.28. The number of aromatic nitrogens is 2. The van der Waals surface area contributed by atoms with Gasteiger partial charge in [0, 0.05) is 18.1 Å². The zero-order valence-electron chi connectivity index (χ0n) is 12.4. The summed E-state index contributed by atoms with van der Waals surface area (Å²) in [5.74, 6) is 0.701. The Bertz CT molecular complexity index is 403. The minimum absolute atomic E-state index is 0.178. The van der Waals surface area contributed by atoms with E-state index in [9.17, 15) is 4.79 Å². The van der Waals surface area contributed by atoms with Crippen LogP contribution in [0.5, 0.6) is 0 Å². The molecule has 20 heavy (non-hydrogen) atoms. The number of hydrogen-bond donors (Lipinski definition) is 1. The summed E-state index contributed by atoms with van der Waals surface area (Å²) in [6, 6.07) is 1.80. The average Bonchev–Trinajstić information content (AvgIpc) is 2.45. The first-order valence-electron chi connectivity index (χ1n) is 6.94. The maximum absolute atomic E-state index is 12.0. The zero-order chi connectivity index (χ0) is 14.8. The molecule has 1 heterocycles. The number of esters is 1. The van der Waals surface area contributed by atoms with Crippen molar-refractivity contribution in [2.24, 2.45) is 0 Å². The van der Waals surface area contributed by atoms with E-state index in [1.54, 1.807) is 30.2 Å². The summed E-state index contributed by atoms with van der Waals surface area (Å²) in [4.78, 5) is 20.3. The molecule has 0 saturated heterocycles. The Hall–Kier alpha value is -1.14. The van der Waals surface area contributed by atoms with Crippen LogP contribution >= 0.6 is 11.8 Å². The lowest BCUT2D eigenvalue weighted by atomic mass is 9.96. The van der Waals surface area contributed by atoms with Crippen molar-refractivity contribution in [3.8, 4) is 0 Å². The van der Waals surface area contributed by atoms with Crippen molar-refractivity contribution in [2.45, 2.75) is 44.3 Å². The second kappa shape index (κ2) is 8.92. The van der Waals surface area contributed by atoms with E-state index in [4.69, 9.17) is 4.74 Å². The predicted molar refractivity (Wildman–Crippen MR) is 80.7 cm³/mol. The van der Waals surface area contributed by atoms with Gasteiger partial charge in [0.05, 0.1) is 6.61 Å². The number of likely N-dealkylation sites (N-methyl/N-ethyl adjacent to an activating group) is 1. The van der Waals surface area contributed by atoms with Gasteiger partial charge in [-0.25, -0.2) is 9.97 Å². The van der Waals surface area contributed by atoms with E-state index in [0.29, 0.717) is 6.61 Å². The first kappa shape index (κ1) is 16.9. The second-order valence-electron chi connectivity index (χ2n) is 4.57. The van der Waals surface area contributed by atoms with Gasteiger partial charge in [-0.3, -0.25) is 4.79 Å². The van der Waals surface area contributed by atoms with Crippen LogP contribution < -0.4 is 5.32 Å². The van der Waals surface area contributed by atoms with Gasteiger partial charge >= 0.3 is 5.97 Å². The molecule has 1 aromatic heterocycles. The molecule has 0 radical (unpaired) electrons. The summed E-state index contributed by atoms with van der Waals surface area (Å²) in [6.07, 6.45) is 5.10. The fourth-order valence-electron chi connectivity index (χ4n) is 1.89. The molecule has 0 fully saturated rings. The van der Waals surface area contributed by atoms with Crippen LogP contribution in [0.1, 0.15) is 33.6 Å². The number of carbonyl (C=O) groups excluding carboxylic acids is 1. The largest absolute Gasteiger partial charge is 0.465 e. The Morgan fingerprint density at radius 2 is 2.10 bits per heavy atom. The molecule has 0 aliphatic rings. The lowest BCUT2D eigenvalue weighted by Crippen LogP contribution is -2.50. The highest BCUT2D eigenvalue weighted by Gasteiger charge is 2.32. The fourth-order valence-corrected chi connectivity index (χ4v) is 2.63. The molecule has 0 amide bonds. The third kappa shape index (κ3) is 5.46. The smallest absolute Gasteiger partial charge is 0.326 e. The lowest BCUT2D eigenvalue weighted by molar-refractivity contribution is -0.150. The summed E-state index contributed by atoms with van der Waals surface area (Å²) in [5, 5.41) is 4.00. The van der Waals surface area contributed by atoms with Gasteiger partial charge in [-0.15, -0.1) is 0 Å². The molecule has 0 spiro atoms. The molecule has 1 rings (SSSR count). The van der Waals surface area contributed by atoms with Gasteiger partial charge in [0.1, 0.15) is 5.54 Å². The number of nitrogens with zero attached hydrogens (tertiary/aromatic N) is 2. The van der Waals surface area contributed by atoms with E-state index < -0.39 is 5.54 Å². The number of nitrogens with one attached hydrogen (secondary N) is 1. The molecule has 0 aromatic carbocycles. The van der Waals surface area contributed by atoms with Crippen molar-refractivity contribution >= 4 is 17.7 Å². The summed E-state index contributed by atoms with van der Waals surface area (Å²) in [6.45, 7) is 6.87. The molecule has 1 unspecified atom stereocenters. The summed E-state index contributed by atoms with van der Waals surface area (Å²) in [5.41, 5.74) is -0.608. The molecule has 112 valence electrons. The minimum Gasteiger partial charge on any atom is -0.465 e. The van der Waals surface area contributed by atoms with Crippen molar-refractivity contribution in [1.82, 2.24) is 15.3 Å². The molecule has 6 heteroatoms. The van der Waals surface area contributed by atoms with E-state index in [1.807, 2.05) is 20.8 Å². The number of rotatable bonds is 9. The highest BCUT2D eigenvalue weighted by molar-refractivity contribution is 7.99. The zero-order valence-corrected chi connectivity index (χ0v) is 13.2. The first-order chi connectivity index (χ1) is 9.62. The highest BCUT2D eigenvalue weighted by Crippen LogP contribution is 2.19. The van der Waals surface area contributed by atoms with Crippen LogP contribution in [0.3, 0.4) is 0 Å². The third-order valence-electron chi connectivity index (χ3n) is 2.89. The van der Waals surface area contributed by atoms with Gasteiger partial charge in [0.25, 0.3) is 0 Å². The Kier molecular flexibility index (Phi) is 7.54. The Labute approximate surface area is 124 Å². The monoisotopic (exact) mass is 297 g/mol. The molecule has 1 atom stereocenters. The maximum Gasteiger partial charge on any atom is 0.326 e. The molecular weight excluding hydrogens is 274 g/mol. The molecular formula is C14H23N3O2S. The first-order valence-corrected chi connectivity index (χ1v) is 7.93. The van der Waals surface area contributed by atoms with Gasteiger partial charge in [-0.05, 0) is 39.3 Å². The van der Waals surface area contributed by atoms with Gasteiger partial charge in [-0.1, -0.05) is 18.7 Å². The van der Waals surface area contributed by atoms with E-state index >= 15 is 0 Å². The van der Waals surface area contributed by atoms with Crippen molar-refractivity contribution < 1.29 is 9.53 Å². The number of hydrogen-bond acceptors (Lipinski definition) is 6. The van der Waals surface area contributed by atoms with Gasteiger partial charge < -0.3 is 10.1 Å². The van der Waals surface area contributed by atoms with Gasteiger partial charge in [-0.2, -0.15) is 0 Å². The topological polar surface area (TPSA) is 64.1 Å². The number of ether oxygens (including phenoxy) is 1. The van der Waals surface area contributed by atoms with Gasteiger partial charge in [0.2, 0.25) is 0 Å². The second-order valence-corrected chi connectivity index (χ2v) is 5.63. The van der Waals surface area contributed by atoms with Crippen LogP contribution in [-0.4, -0.2) is 40.4 Å². The Balaban J connectivity index is 2.41. The summed E-state index contributed by atoms with van der Waals surface area (Å²) in [7, 11) is 0. The summed E-state index contributed by atoms with van der Waals surface area (Å²) < 4.78 is 5.14. The fraction of sp³-hybridized carbons (Fsp3) is 0.643. The summed E-state index contributed by atoms with van der Waals surface area (Å²) >= 11 is 1.60. The maximum atomic E-state index is 12.0. The molecule has 1 aromatic rings. The van der Waals surface area contributed by atoms with Crippen molar-refractivity contribution in [2.75, 3.05) is 18.9 Å². The normalized spacial score (nSPS) is 13.8. The molecule has 1 N–H and O–H groups in total. The third-order valence-corrected chi connectivity index (χ3v) is 3.85. The van der Waals surface area contributed by atoms with Crippen LogP contribution in [0.2, 0.25) is 0 Å². The molecule has 5 nitrogen and oxygen atoms in total. The SMILES string of the molecule is CCNC(C)(CCCSc1ncccn1)C(=O)OCC. The molecule has 0 saturated carbocycles. The average molecular weight is 297 g/mol. The Morgan fingerprint density at radius 3 is 2.70 bits per heavy atom. The van der Waals surface area contributed by atoms with E-state index in [2.05, 4.69) is 15.3 Å². The van der Waals surface area contributed by atoms with Crippen LogP contribution in [0.4, 0.5) is 0 Å². The Morgan fingerprint density at radius 1 is 1.40 bits per heavy atom. The minimum atomic E-state index is -0.608. The van der Waals surface area contributed by atoms with E-state index in [0.717, 1.165) is 30.3 Å². The van der Waals surface area contributed by atoms with Crippen LogP contribution in [0.15, 0.2) is 23.6 Å². The standard InChI is InChI=1S/C14H23N3O2S/c1-4-17-14(3,12(18)19-5-2)8-6-11-20-13-15-9-7-10-16-13/h7,9-10,17H,4-6,8,11H2,1-3H3. The van der Waals surface area contributed by atoms with Crippen molar-refractivity contribution in [3.63, 3.8) is 0 Å². The number of thioether (sulfide) groups is 1. The quantitative estimate of drug-likeness (QED) is 0.326. The van der Waals surface area contributed by atoms with Crippen LogP contribution in [0, 0.1) is 0 Å². The van der Waals surface area contributed by atoms with Crippen LogP contribution in [0.25, 0.3) is 0 Å². The molecule has 0 bridgehead atoms. The van der Waals surface area contributed by atoms with Crippen LogP contribution in [-0.2, 0) is 9.53 Å². The van der Waals surface area contributed by atoms with E-state index in [-0.39, 0.29) is 5.97 Å². The number of carbonyl (C=O) groups is 1. The highest BCUT2D eigenvalue weighted by atomic mass is 32.2. The molecule has 0 aliphatic carbocycles. The van der Waals surface area contributed by atoms with Gasteiger partial charge in [0.15, 0.2) is 5.16 Å². The van der Waals surface area contributed by atoms with E-state index in [1.165, 1.54) is 0 Å².